The first-order valence-electron chi connectivity index (χ1n) is 11.2. The zero-order valence-electron chi connectivity index (χ0n) is 19.1. The van der Waals surface area contributed by atoms with Crippen molar-refractivity contribution in [2.75, 3.05) is 18.1 Å². The molecule has 0 atom stereocenters. The number of aryl methyl sites for hydroxylation is 3. The molecule has 2 aromatic carbocycles. The summed E-state index contributed by atoms with van der Waals surface area (Å²) >= 11 is 0. The molecule has 2 aromatic heterocycles. The number of nitrogens with zero attached hydrogens (tertiary/aromatic N) is 5. The Balaban J connectivity index is 1.62. The fraction of sp³-hybridized carbons (Fsp3) is 0.320. The van der Waals surface area contributed by atoms with Crippen molar-refractivity contribution in [1.82, 2.24) is 18.7 Å². The molecule has 0 spiro atoms. The van der Waals surface area contributed by atoms with Crippen LogP contribution < -0.4 is 20.9 Å². The third-order valence-corrected chi connectivity index (χ3v) is 6.14. The molecule has 0 aliphatic carbocycles. The van der Waals surface area contributed by atoms with Gasteiger partial charge in [-0.05, 0) is 50.1 Å². The fourth-order valence-electron chi connectivity index (χ4n) is 4.41. The van der Waals surface area contributed by atoms with E-state index in [4.69, 9.17) is 9.72 Å². The Hall–Kier alpha value is -3.81. The first kappa shape index (κ1) is 21.1. The third kappa shape index (κ3) is 3.61. The van der Waals surface area contributed by atoms with Gasteiger partial charge < -0.3 is 14.2 Å². The Kier molecular flexibility index (Phi) is 5.28. The monoisotopic (exact) mass is 445 g/mol. The van der Waals surface area contributed by atoms with Crippen molar-refractivity contribution < 1.29 is 4.74 Å². The van der Waals surface area contributed by atoms with Crippen molar-refractivity contribution in [2.24, 2.45) is 7.05 Å². The molecule has 0 amide bonds. The highest BCUT2D eigenvalue weighted by Crippen LogP contribution is 2.31. The van der Waals surface area contributed by atoms with Crippen LogP contribution in [0.3, 0.4) is 0 Å². The molecule has 0 saturated carbocycles. The van der Waals surface area contributed by atoms with Crippen LogP contribution in [-0.2, 0) is 20.1 Å². The second-order valence-electron chi connectivity index (χ2n) is 8.39. The van der Waals surface area contributed by atoms with E-state index in [0.29, 0.717) is 30.3 Å². The lowest BCUT2D eigenvalue weighted by atomic mass is 10.1. The molecule has 0 N–H and O–H groups in total. The van der Waals surface area contributed by atoms with Crippen LogP contribution in [-0.4, -0.2) is 31.8 Å². The summed E-state index contributed by atoms with van der Waals surface area (Å²) in [4.78, 5) is 33.5. The van der Waals surface area contributed by atoms with Gasteiger partial charge in [0.05, 0.1) is 13.2 Å². The van der Waals surface area contributed by atoms with Gasteiger partial charge in [-0.25, -0.2) is 4.79 Å². The van der Waals surface area contributed by atoms with Crippen LogP contribution >= 0.6 is 0 Å². The molecule has 1 aliphatic heterocycles. The minimum absolute atomic E-state index is 0.227. The SMILES string of the molecule is CCOc1ccc(N2CCCn3c2nc2c3c(=O)n(Cc3ccc(C)cc3)c(=O)n2C)cc1. The van der Waals surface area contributed by atoms with E-state index in [1.807, 2.05) is 66.9 Å². The summed E-state index contributed by atoms with van der Waals surface area (Å²) < 4.78 is 10.3. The third-order valence-electron chi connectivity index (χ3n) is 6.14. The van der Waals surface area contributed by atoms with Crippen molar-refractivity contribution >= 4 is 22.8 Å². The normalized spacial score (nSPS) is 13.4. The molecule has 0 radical (unpaired) electrons. The number of anilines is 2. The number of imidazole rings is 1. The van der Waals surface area contributed by atoms with E-state index >= 15 is 0 Å². The Morgan fingerprint density at radius 2 is 1.73 bits per heavy atom. The van der Waals surface area contributed by atoms with Crippen molar-refractivity contribution in [1.29, 1.82) is 0 Å². The zero-order chi connectivity index (χ0) is 23.1. The first-order chi connectivity index (χ1) is 16.0. The van der Waals surface area contributed by atoms with Gasteiger partial charge in [0.15, 0.2) is 11.2 Å². The largest absolute Gasteiger partial charge is 0.494 e. The van der Waals surface area contributed by atoms with Crippen molar-refractivity contribution in [3.8, 4) is 5.75 Å². The van der Waals surface area contributed by atoms with Gasteiger partial charge in [0.1, 0.15) is 5.75 Å². The van der Waals surface area contributed by atoms with Crippen LogP contribution in [0.15, 0.2) is 58.1 Å². The van der Waals surface area contributed by atoms with Gasteiger partial charge in [-0.1, -0.05) is 29.8 Å². The van der Waals surface area contributed by atoms with Crippen LogP contribution in [0.25, 0.3) is 11.2 Å². The highest BCUT2D eigenvalue weighted by molar-refractivity contribution is 5.77. The number of hydrogen-bond acceptors (Lipinski definition) is 5. The number of hydrogen-bond donors (Lipinski definition) is 0. The number of ether oxygens (including phenoxy) is 1. The second kappa shape index (κ2) is 8.27. The molecule has 5 rings (SSSR count). The zero-order valence-corrected chi connectivity index (χ0v) is 19.1. The quantitative estimate of drug-likeness (QED) is 0.472. The minimum atomic E-state index is -0.365. The lowest BCUT2D eigenvalue weighted by molar-refractivity contribution is 0.340. The summed E-state index contributed by atoms with van der Waals surface area (Å²) in [5.74, 6) is 1.49. The number of aromatic nitrogens is 4. The van der Waals surface area contributed by atoms with Gasteiger partial charge in [0.2, 0.25) is 5.95 Å². The van der Waals surface area contributed by atoms with Gasteiger partial charge in [-0.3, -0.25) is 13.9 Å². The van der Waals surface area contributed by atoms with Gasteiger partial charge in [-0.2, -0.15) is 4.98 Å². The lowest BCUT2D eigenvalue weighted by Crippen LogP contribution is -2.40. The number of benzene rings is 2. The van der Waals surface area contributed by atoms with Gasteiger partial charge in [0.25, 0.3) is 5.56 Å². The van der Waals surface area contributed by atoms with E-state index < -0.39 is 0 Å². The molecule has 0 saturated heterocycles. The highest BCUT2D eigenvalue weighted by atomic mass is 16.5. The van der Waals surface area contributed by atoms with E-state index in [1.54, 1.807) is 7.05 Å². The average molecular weight is 446 g/mol. The topological polar surface area (TPSA) is 74.3 Å². The summed E-state index contributed by atoms with van der Waals surface area (Å²) in [6.45, 7) is 6.26. The predicted molar refractivity (Wildman–Crippen MR) is 129 cm³/mol. The van der Waals surface area contributed by atoms with Crippen LogP contribution in [0.2, 0.25) is 0 Å². The second-order valence-corrected chi connectivity index (χ2v) is 8.39. The van der Waals surface area contributed by atoms with Gasteiger partial charge >= 0.3 is 5.69 Å². The average Bonchev–Trinajstić information content (AvgIpc) is 3.22. The molecular weight excluding hydrogens is 418 g/mol. The summed E-state index contributed by atoms with van der Waals surface area (Å²) in [5.41, 5.74) is 3.23. The molecule has 8 nitrogen and oxygen atoms in total. The van der Waals surface area contributed by atoms with Crippen molar-refractivity contribution in [2.45, 2.75) is 33.4 Å². The molecule has 0 unspecified atom stereocenters. The Morgan fingerprint density at radius 1 is 1.00 bits per heavy atom. The maximum absolute atomic E-state index is 13.5. The molecule has 0 fully saturated rings. The summed E-state index contributed by atoms with van der Waals surface area (Å²) in [7, 11) is 1.68. The maximum Gasteiger partial charge on any atom is 0.332 e. The standard InChI is InChI=1S/C25H27N5O3/c1-4-33-20-12-10-19(11-13-20)28-14-5-15-29-21-22(26-24(28)29)27(3)25(32)30(23(21)31)16-18-8-6-17(2)7-9-18/h6-13H,4-5,14-16H2,1-3H3. The van der Waals surface area contributed by atoms with Gasteiger partial charge in [0, 0.05) is 25.8 Å². The number of fused-ring (bicyclic) bond motifs is 3. The molecule has 170 valence electrons. The van der Waals surface area contributed by atoms with E-state index in [-0.39, 0.29) is 17.8 Å². The van der Waals surface area contributed by atoms with Crippen LogP contribution in [0.5, 0.6) is 5.75 Å². The van der Waals surface area contributed by atoms with Crippen LogP contribution in [0.1, 0.15) is 24.5 Å². The van der Waals surface area contributed by atoms with Crippen LogP contribution in [0, 0.1) is 6.92 Å². The van der Waals surface area contributed by atoms with Gasteiger partial charge in [-0.15, -0.1) is 0 Å². The van der Waals surface area contributed by atoms with E-state index in [1.165, 1.54) is 9.13 Å². The molecule has 4 aromatic rings. The summed E-state index contributed by atoms with van der Waals surface area (Å²) in [6.07, 6.45) is 0.867. The maximum atomic E-state index is 13.5. The van der Waals surface area contributed by atoms with Crippen LogP contribution in [0.4, 0.5) is 11.6 Å². The predicted octanol–water partition coefficient (Wildman–Crippen LogP) is 3.19. The van der Waals surface area contributed by atoms with Crippen molar-refractivity contribution in [3.05, 3.63) is 80.5 Å². The Morgan fingerprint density at radius 3 is 2.42 bits per heavy atom. The lowest BCUT2D eigenvalue weighted by Gasteiger charge is -2.29. The molecule has 33 heavy (non-hydrogen) atoms. The highest BCUT2D eigenvalue weighted by Gasteiger charge is 2.27. The van der Waals surface area contributed by atoms with E-state index in [2.05, 4.69) is 4.90 Å². The molecule has 1 aliphatic rings. The smallest absolute Gasteiger partial charge is 0.332 e. The number of rotatable bonds is 5. The van der Waals surface area contributed by atoms with E-state index in [9.17, 15) is 9.59 Å². The molecule has 8 heteroatoms. The summed E-state index contributed by atoms with van der Waals surface area (Å²) in [6, 6.07) is 15.7. The Bertz CT molecular complexity index is 1430. The first-order valence-corrected chi connectivity index (χ1v) is 11.2. The van der Waals surface area contributed by atoms with Crippen molar-refractivity contribution in [3.63, 3.8) is 0 Å². The molecular formula is C25H27N5O3. The molecule has 3 heterocycles. The minimum Gasteiger partial charge on any atom is -0.494 e. The fourth-order valence-corrected chi connectivity index (χ4v) is 4.41. The Labute approximate surface area is 191 Å². The summed E-state index contributed by atoms with van der Waals surface area (Å²) in [5, 5.41) is 0. The molecule has 0 bridgehead atoms. The van der Waals surface area contributed by atoms with E-state index in [0.717, 1.165) is 35.5 Å².